The van der Waals surface area contributed by atoms with Crippen molar-refractivity contribution in [3.63, 3.8) is 0 Å². The van der Waals surface area contributed by atoms with Crippen LogP contribution in [0.5, 0.6) is 0 Å². The first-order chi connectivity index (χ1) is 34.0. The van der Waals surface area contributed by atoms with Crippen LogP contribution in [-0.4, -0.2) is 47.4 Å². The van der Waals surface area contributed by atoms with E-state index >= 15 is 0 Å². The number of rotatable bonds is 59. The summed E-state index contributed by atoms with van der Waals surface area (Å²) in [6.45, 7) is 4.98. The zero-order valence-corrected chi connectivity index (χ0v) is 46.8. The zero-order valence-electron chi connectivity index (χ0n) is 46.8. The maximum absolute atomic E-state index is 12.5. The highest BCUT2D eigenvalue weighted by Gasteiger charge is 2.20. The molecule has 2 atom stereocenters. The number of aliphatic hydroxyl groups is 2. The van der Waals surface area contributed by atoms with Crippen molar-refractivity contribution in [3.05, 3.63) is 12.2 Å². The number of ether oxygens (including phenoxy) is 1. The summed E-state index contributed by atoms with van der Waals surface area (Å²) in [4.78, 5) is 24.5. The van der Waals surface area contributed by atoms with Gasteiger partial charge in [0.15, 0.2) is 0 Å². The Balaban J connectivity index is 3.40. The number of carbonyl (C=O) groups excluding carboxylic acids is 2. The Morgan fingerprint density at radius 3 is 1.03 bits per heavy atom. The van der Waals surface area contributed by atoms with Crippen molar-refractivity contribution in [1.82, 2.24) is 5.32 Å². The fourth-order valence-electron chi connectivity index (χ4n) is 9.99. The van der Waals surface area contributed by atoms with Crippen molar-refractivity contribution in [2.45, 2.75) is 366 Å². The highest BCUT2D eigenvalue weighted by atomic mass is 16.5. The molecule has 0 rings (SSSR count). The predicted octanol–water partition coefficient (Wildman–Crippen LogP) is 19.6. The van der Waals surface area contributed by atoms with Crippen LogP contribution in [0.15, 0.2) is 12.2 Å². The van der Waals surface area contributed by atoms with Crippen molar-refractivity contribution in [3.8, 4) is 0 Å². The molecule has 0 fully saturated rings. The molecule has 0 saturated carbocycles. The lowest BCUT2D eigenvalue weighted by atomic mass is 10.0. The minimum atomic E-state index is -0.666. The van der Waals surface area contributed by atoms with Gasteiger partial charge in [0.05, 0.1) is 25.4 Å². The summed E-state index contributed by atoms with van der Waals surface area (Å²) in [7, 11) is 0. The molecule has 0 spiro atoms. The Labute approximate surface area is 431 Å². The number of amides is 1. The quantitative estimate of drug-likeness (QED) is 0.0321. The Morgan fingerprint density at radius 1 is 0.391 bits per heavy atom. The summed E-state index contributed by atoms with van der Waals surface area (Å²) in [6.07, 6.45) is 70.8. The van der Waals surface area contributed by atoms with Gasteiger partial charge in [-0.3, -0.25) is 9.59 Å². The number of aliphatic hydroxyl groups excluding tert-OH is 2. The fourth-order valence-corrected chi connectivity index (χ4v) is 9.99. The molecular weight excluding hydrogens is 851 g/mol. The highest BCUT2D eigenvalue weighted by Crippen LogP contribution is 2.18. The minimum Gasteiger partial charge on any atom is -0.466 e. The van der Waals surface area contributed by atoms with Gasteiger partial charge in [-0.05, 0) is 51.4 Å². The van der Waals surface area contributed by atoms with Crippen LogP contribution < -0.4 is 5.32 Å². The summed E-state index contributed by atoms with van der Waals surface area (Å²) >= 11 is 0. The van der Waals surface area contributed by atoms with Crippen LogP contribution in [0.3, 0.4) is 0 Å². The number of esters is 1. The van der Waals surface area contributed by atoms with Gasteiger partial charge < -0.3 is 20.3 Å². The van der Waals surface area contributed by atoms with Gasteiger partial charge >= 0.3 is 5.97 Å². The standard InChI is InChI=1S/C63H123NO5/c1-3-5-7-9-11-13-15-17-18-29-32-35-39-43-47-51-55-61(66)60(59-65)64-62(67)56-52-48-44-40-36-33-30-27-25-23-21-19-20-22-24-26-28-31-34-38-42-46-50-54-58-69-63(68)57-53-49-45-41-37-16-14-12-10-8-6-4-2/h21,23,60-61,65-66H,3-20,22,24-59H2,1-2H3,(H,64,67)/b23-21-. The molecule has 6 heteroatoms. The molecule has 0 aromatic heterocycles. The van der Waals surface area contributed by atoms with Gasteiger partial charge in [-0.1, -0.05) is 302 Å². The molecule has 1 amide bonds. The Kier molecular flexibility index (Phi) is 58.0. The number of carbonyl (C=O) groups is 2. The molecule has 3 N–H and O–H groups in total. The van der Waals surface area contributed by atoms with Crippen LogP contribution in [0.25, 0.3) is 0 Å². The first-order valence-electron chi connectivity index (χ1n) is 31.4. The van der Waals surface area contributed by atoms with Crippen molar-refractivity contribution in [2.75, 3.05) is 13.2 Å². The average Bonchev–Trinajstić information content (AvgIpc) is 3.35. The van der Waals surface area contributed by atoms with E-state index in [1.165, 1.54) is 283 Å². The monoisotopic (exact) mass is 974 g/mol. The summed E-state index contributed by atoms with van der Waals surface area (Å²) in [6, 6.07) is -0.544. The Bertz CT molecular complexity index is 1030. The number of hydrogen-bond donors (Lipinski definition) is 3. The van der Waals surface area contributed by atoms with Gasteiger partial charge in [-0.2, -0.15) is 0 Å². The number of hydrogen-bond acceptors (Lipinski definition) is 5. The van der Waals surface area contributed by atoms with Crippen LogP contribution in [0.2, 0.25) is 0 Å². The lowest BCUT2D eigenvalue weighted by Gasteiger charge is -2.22. The van der Waals surface area contributed by atoms with Crippen LogP contribution in [-0.2, 0) is 14.3 Å². The maximum atomic E-state index is 12.5. The van der Waals surface area contributed by atoms with E-state index in [2.05, 4.69) is 31.3 Å². The minimum absolute atomic E-state index is 0.0139. The van der Waals surface area contributed by atoms with E-state index in [4.69, 9.17) is 4.74 Å². The van der Waals surface area contributed by atoms with Crippen molar-refractivity contribution >= 4 is 11.9 Å². The third kappa shape index (κ3) is 55.8. The van der Waals surface area contributed by atoms with Gasteiger partial charge in [-0.15, -0.1) is 0 Å². The van der Waals surface area contributed by atoms with Crippen LogP contribution in [0.4, 0.5) is 0 Å². The SMILES string of the molecule is CCCCCCCCCCCCCCCCCCC(O)C(CO)NC(=O)CCCCCCCCCC/C=C\CCCCCCCCCCCCCCOC(=O)CCCCCCCCCCCCCC. The molecule has 0 aliphatic carbocycles. The second-order valence-electron chi connectivity index (χ2n) is 21.7. The van der Waals surface area contributed by atoms with Gasteiger partial charge in [-0.25, -0.2) is 0 Å². The molecule has 0 saturated heterocycles. The number of nitrogens with one attached hydrogen (secondary N) is 1. The molecule has 6 nitrogen and oxygen atoms in total. The van der Waals surface area contributed by atoms with E-state index in [9.17, 15) is 19.8 Å². The van der Waals surface area contributed by atoms with Crippen LogP contribution >= 0.6 is 0 Å². The van der Waals surface area contributed by atoms with E-state index in [0.717, 1.165) is 38.5 Å². The molecule has 0 heterocycles. The summed E-state index contributed by atoms with van der Waals surface area (Å²) in [5.41, 5.74) is 0. The molecule has 0 bridgehead atoms. The predicted molar refractivity (Wildman–Crippen MR) is 301 cm³/mol. The molecule has 0 aromatic rings. The number of allylic oxidation sites excluding steroid dienone is 2. The second-order valence-corrected chi connectivity index (χ2v) is 21.7. The zero-order chi connectivity index (χ0) is 50.0. The van der Waals surface area contributed by atoms with Crippen LogP contribution in [0, 0.1) is 0 Å². The van der Waals surface area contributed by atoms with Crippen molar-refractivity contribution in [2.24, 2.45) is 0 Å². The van der Waals surface area contributed by atoms with E-state index in [1.807, 2.05) is 0 Å². The average molecular weight is 975 g/mol. The lowest BCUT2D eigenvalue weighted by molar-refractivity contribution is -0.143. The van der Waals surface area contributed by atoms with Gasteiger partial charge in [0.25, 0.3) is 0 Å². The Morgan fingerprint density at radius 2 is 0.681 bits per heavy atom. The molecule has 69 heavy (non-hydrogen) atoms. The van der Waals surface area contributed by atoms with Gasteiger partial charge in [0, 0.05) is 12.8 Å². The molecule has 0 aromatic carbocycles. The van der Waals surface area contributed by atoms with Crippen molar-refractivity contribution in [1.29, 1.82) is 0 Å². The smallest absolute Gasteiger partial charge is 0.305 e. The summed E-state index contributed by atoms with van der Waals surface area (Å²) < 4.78 is 5.47. The maximum Gasteiger partial charge on any atom is 0.305 e. The normalized spacial score (nSPS) is 12.6. The van der Waals surface area contributed by atoms with Crippen molar-refractivity contribution < 1.29 is 24.5 Å². The summed E-state index contributed by atoms with van der Waals surface area (Å²) in [5.74, 6) is -0.0228. The van der Waals surface area contributed by atoms with Gasteiger partial charge in [0.1, 0.15) is 0 Å². The van der Waals surface area contributed by atoms with E-state index in [0.29, 0.717) is 25.9 Å². The molecule has 0 radical (unpaired) electrons. The largest absolute Gasteiger partial charge is 0.466 e. The Hall–Kier alpha value is -1.40. The first-order valence-corrected chi connectivity index (χ1v) is 31.4. The molecule has 2 unspecified atom stereocenters. The lowest BCUT2D eigenvalue weighted by Crippen LogP contribution is -2.45. The van der Waals surface area contributed by atoms with E-state index in [1.54, 1.807) is 0 Å². The number of unbranched alkanes of at least 4 members (excludes halogenated alkanes) is 46. The third-order valence-corrected chi connectivity index (χ3v) is 14.8. The second kappa shape index (κ2) is 59.2. The molecule has 410 valence electrons. The van der Waals surface area contributed by atoms with E-state index < -0.39 is 12.1 Å². The van der Waals surface area contributed by atoms with E-state index in [-0.39, 0.29) is 18.5 Å². The topological polar surface area (TPSA) is 95.9 Å². The van der Waals surface area contributed by atoms with Gasteiger partial charge in [0.2, 0.25) is 5.91 Å². The summed E-state index contributed by atoms with van der Waals surface area (Å²) in [5, 5.41) is 23.3. The molecule has 0 aliphatic heterocycles. The fraction of sp³-hybridized carbons (Fsp3) is 0.937. The molecule has 0 aliphatic rings. The first kappa shape index (κ1) is 67.6. The third-order valence-electron chi connectivity index (χ3n) is 14.8. The van der Waals surface area contributed by atoms with Crippen LogP contribution in [0.1, 0.15) is 354 Å². The molecular formula is C63H123NO5. The highest BCUT2D eigenvalue weighted by molar-refractivity contribution is 5.76.